The van der Waals surface area contributed by atoms with E-state index in [2.05, 4.69) is 5.32 Å². The molecule has 0 fully saturated rings. The van der Waals surface area contributed by atoms with Gasteiger partial charge < -0.3 is 14.8 Å². The third-order valence-electron chi connectivity index (χ3n) is 3.68. The van der Waals surface area contributed by atoms with Gasteiger partial charge in [0, 0.05) is 5.56 Å². The minimum absolute atomic E-state index is 0.00406. The number of halogens is 2. The maximum atomic E-state index is 12.0. The Hall–Kier alpha value is -2.24. The predicted molar refractivity (Wildman–Crippen MR) is 102 cm³/mol. The van der Waals surface area contributed by atoms with Crippen molar-refractivity contribution in [1.82, 2.24) is 0 Å². The first kappa shape index (κ1) is 20.1. The summed E-state index contributed by atoms with van der Waals surface area (Å²) in [6, 6.07) is 8.89. The van der Waals surface area contributed by atoms with E-state index >= 15 is 0 Å². The summed E-state index contributed by atoms with van der Waals surface area (Å²) in [6.07, 6.45) is 0.00406. The number of nitrogens with one attached hydrogen (secondary N) is 1. The number of rotatable bonds is 6. The van der Waals surface area contributed by atoms with Crippen LogP contribution in [0.5, 0.6) is 5.75 Å². The molecule has 0 atom stereocenters. The lowest BCUT2D eigenvalue weighted by atomic mass is 10.1. The highest BCUT2D eigenvalue weighted by Gasteiger charge is 2.15. The molecule has 1 amide bonds. The number of amides is 1. The van der Waals surface area contributed by atoms with Crippen molar-refractivity contribution in [2.75, 3.05) is 19.0 Å². The second-order valence-corrected chi connectivity index (χ2v) is 6.54. The fraction of sp³-hybridized carbons (Fsp3) is 0.263. The lowest BCUT2D eigenvalue weighted by Crippen LogP contribution is -2.22. The largest absolute Gasteiger partial charge is 0.496 e. The Morgan fingerprint density at radius 1 is 1.12 bits per heavy atom. The van der Waals surface area contributed by atoms with Crippen molar-refractivity contribution in [3.63, 3.8) is 0 Å². The van der Waals surface area contributed by atoms with Crippen LogP contribution in [0.25, 0.3) is 0 Å². The molecule has 2 aromatic carbocycles. The van der Waals surface area contributed by atoms with Crippen molar-refractivity contribution in [3.05, 3.63) is 57.1 Å². The van der Waals surface area contributed by atoms with E-state index in [4.69, 9.17) is 32.7 Å². The summed E-state index contributed by atoms with van der Waals surface area (Å²) in [5.74, 6) is -0.468. The average Bonchev–Trinajstić information content (AvgIpc) is 2.60. The van der Waals surface area contributed by atoms with Gasteiger partial charge >= 0.3 is 5.97 Å². The molecule has 0 radical (unpaired) electrons. The fourth-order valence-corrected chi connectivity index (χ4v) is 2.81. The van der Waals surface area contributed by atoms with E-state index in [-0.39, 0.29) is 6.42 Å². The maximum absolute atomic E-state index is 12.0. The molecule has 0 saturated heterocycles. The summed E-state index contributed by atoms with van der Waals surface area (Å²) in [7, 11) is 1.53. The standard InChI is InChI=1S/C19H19Cl2NO4/c1-11-4-7-15(25-3)13(8-11)9-17(24)26-10-16(23)22-19-14(20)6-5-12(2)18(19)21/h4-8H,9-10H2,1-3H3,(H,22,23). The number of benzene rings is 2. The van der Waals surface area contributed by atoms with Crippen molar-refractivity contribution in [2.24, 2.45) is 0 Å². The third kappa shape index (κ3) is 5.13. The minimum Gasteiger partial charge on any atom is -0.496 e. The molecule has 0 saturated carbocycles. The number of hydrogen-bond donors (Lipinski definition) is 1. The molecule has 138 valence electrons. The zero-order chi connectivity index (χ0) is 19.3. The van der Waals surface area contributed by atoms with Gasteiger partial charge in [-0.1, -0.05) is 47.0 Å². The first-order chi connectivity index (χ1) is 12.3. The van der Waals surface area contributed by atoms with Gasteiger partial charge in [0.25, 0.3) is 5.91 Å². The van der Waals surface area contributed by atoms with Crippen LogP contribution in [0.2, 0.25) is 10.0 Å². The lowest BCUT2D eigenvalue weighted by Gasteiger charge is -2.12. The van der Waals surface area contributed by atoms with Crippen LogP contribution in [-0.4, -0.2) is 25.6 Å². The summed E-state index contributed by atoms with van der Waals surface area (Å²) in [5, 5.41) is 3.22. The second kappa shape index (κ2) is 8.92. The fourth-order valence-electron chi connectivity index (χ4n) is 2.34. The van der Waals surface area contributed by atoms with Gasteiger partial charge in [-0.25, -0.2) is 0 Å². The molecule has 5 nitrogen and oxygen atoms in total. The molecule has 0 bridgehead atoms. The highest BCUT2D eigenvalue weighted by Crippen LogP contribution is 2.32. The van der Waals surface area contributed by atoms with Crippen molar-refractivity contribution in [3.8, 4) is 5.75 Å². The molecule has 0 aliphatic heterocycles. The molecule has 0 aliphatic carbocycles. The number of aryl methyl sites for hydroxylation is 2. The van der Waals surface area contributed by atoms with Crippen LogP contribution in [-0.2, 0) is 20.7 Å². The molecule has 2 aromatic rings. The predicted octanol–water partition coefficient (Wildman–Crippen LogP) is 4.34. The SMILES string of the molecule is COc1ccc(C)cc1CC(=O)OCC(=O)Nc1c(Cl)ccc(C)c1Cl. The zero-order valence-electron chi connectivity index (χ0n) is 14.7. The topological polar surface area (TPSA) is 64.6 Å². The Balaban J connectivity index is 1.95. The smallest absolute Gasteiger partial charge is 0.310 e. The molecule has 2 rings (SSSR count). The highest BCUT2D eigenvalue weighted by molar-refractivity contribution is 6.40. The van der Waals surface area contributed by atoms with Crippen molar-refractivity contribution < 1.29 is 19.1 Å². The minimum atomic E-state index is -0.537. The van der Waals surface area contributed by atoms with Crippen LogP contribution in [0.3, 0.4) is 0 Å². The van der Waals surface area contributed by atoms with Gasteiger partial charge in [0.05, 0.1) is 29.3 Å². The van der Waals surface area contributed by atoms with E-state index in [0.29, 0.717) is 27.0 Å². The Bertz CT molecular complexity index is 837. The quantitative estimate of drug-likeness (QED) is 0.738. The molecule has 1 N–H and O–H groups in total. The van der Waals surface area contributed by atoms with Crippen LogP contribution in [0, 0.1) is 13.8 Å². The molecule has 0 spiro atoms. The number of esters is 1. The Labute approximate surface area is 162 Å². The van der Waals surface area contributed by atoms with Gasteiger partial charge in [0.1, 0.15) is 5.75 Å². The number of ether oxygens (including phenoxy) is 2. The van der Waals surface area contributed by atoms with Crippen LogP contribution >= 0.6 is 23.2 Å². The van der Waals surface area contributed by atoms with E-state index in [9.17, 15) is 9.59 Å². The Morgan fingerprint density at radius 2 is 1.85 bits per heavy atom. The number of carbonyl (C=O) groups is 2. The monoisotopic (exact) mass is 395 g/mol. The summed E-state index contributed by atoms with van der Waals surface area (Å²) >= 11 is 12.2. The molecular weight excluding hydrogens is 377 g/mol. The zero-order valence-corrected chi connectivity index (χ0v) is 16.2. The van der Waals surface area contributed by atoms with Gasteiger partial charge in [0.15, 0.2) is 6.61 Å². The summed E-state index contributed by atoms with van der Waals surface area (Å²) in [4.78, 5) is 24.1. The van der Waals surface area contributed by atoms with E-state index in [0.717, 1.165) is 11.1 Å². The number of anilines is 1. The van der Waals surface area contributed by atoms with Crippen molar-refractivity contribution >= 4 is 40.8 Å². The van der Waals surface area contributed by atoms with E-state index in [1.807, 2.05) is 19.1 Å². The van der Waals surface area contributed by atoms with Gasteiger partial charge in [0.2, 0.25) is 0 Å². The maximum Gasteiger partial charge on any atom is 0.310 e. The first-order valence-corrected chi connectivity index (χ1v) is 8.61. The number of hydrogen-bond acceptors (Lipinski definition) is 4. The third-order valence-corrected chi connectivity index (χ3v) is 4.49. The summed E-state index contributed by atoms with van der Waals surface area (Å²) in [5.41, 5.74) is 2.77. The average molecular weight is 396 g/mol. The Kier molecular flexibility index (Phi) is 6.89. The lowest BCUT2D eigenvalue weighted by molar-refractivity contribution is -0.146. The van der Waals surface area contributed by atoms with Crippen molar-refractivity contribution in [2.45, 2.75) is 20.3 Å². The van der Waals surface area contributed by atoms with Gasteiger partial charge in [-0.05, 0) is 31.5 Å². The van der Waals surface area contributed by atoms with Crippen LogP contribution in [0.1, 0.15) is 16.7 Å². The second-order valence-electron chi connectivity index (χ2n) is 5.75. The first-order valence-electron chi connectivity index (χ1n) is 7.85. The molecule has 26 heavy (non-hydrogen) atoms. The van der Waals surface area contributed by atoms with Crippen molar-refractivity contribution in [1.29, 1.82) is 0 Å². The molecule has 7 heteroatoms. The van der Waals surface area contributed by atoms with Crippen LogP contribution < -0.4 is 10.1 Å². The van der Waals surface area contributed by atoms with E-state index in [1.165, 1.54) is 7.11 Å². The number of carbonyl (C=O) groups excluding carboxylic acids is 2. The van der Waals surface area contributed by atoms with Crippen LogP contribution in [0.4, 0.5) is 5.69 Å². The van der Waals surface area contributed by atoms with Gasteiger partial charge in [-0.2, -0.15) is 0 Å². The Morgan fingerprint density at radius 3 is 2.54 bits per heavy atom. The summed E-state index contributed by atoms with van der Waals surface area (Å²) < 4.78 is 10.3. The molecule has 0 unspecified atom stereocenters. The number of methoxy groups -OCH3 is 1. The van der Waals surface area contributed by atoms with E-state index in [1.54, 1.807) is 25.1 Å². The molecular formula is C19H19Cl2NO4. The van der Waals surface area contributed by atoms with E-state index < -0.39 is 18.5 Å². The summed E-state index contributed by atoms with van der Waals surface area (Å²) in [6.45, 7) is 3.27. The van der Waals surface area contributed by atoms with Gasteiger partial charge in [-0.3, -0.25) is 9.59 Å². The normalized spacial score (nSPS) is 10.3. The highest BCUT2D eigenvalue weighted by atomic mass is 35.5. The molecule has 0 heterocycles. The molecule has 0 aliphatic rings. The molecule has 0 aromatic heterocycles. The van der Waals surface area contributed by atoms with Gasteiger partial charge in [-0.15, -0.1) is 0 Å². The van der Waals surface area contributed by atoms with Crippen LogP contribution in [0.15, 0.2) is 30.3 Å².